The zero-order valence-corrected chi connectivity index (χ0v) is 11.7. The molecule has 2 nitrogen and oxygen atoms in total. The topological polar surface area (TPSA) is 21.3 Å². The first-order chi connectivity index (χ1) is 8.36. The quantitative estimate of drug-likeness (QED) is 0.743. The Morgan fingerprint density at radius 3 is 2.88 bits per heavy atom. The van der Waals surface area contributed by atoms with Crippen molar-refractivity contribution in [2.75, 3.05) is 19.8 Å². The van der Waals surface area contributed by atoms with E-state index in [9.17, 15) is 0 Å². The van der Waals surface area contributed by atoms with Gasteiger partial charge in [0.15, 0.2) is 0 Å². The van der Waals surface area contributed by atoms with E-state index in [0.29, 0.717) is 0 Å². The average Bonchev–Trinajstić information content (AvgIpc) is 3.14. The van der Waals surface area contributed by atoms with Crippen LogP contribution in [0.5, 0.6) is 0 Å². The van der Waals surface area contributed by atoms with E-state index in [-0.39, 0.29) is 0 Å². The molecule has 1 aliphatic carbocycles. The molecular weight excluding hydrogens is 278 g/mol. The molecule has 1 saturated carbocycles. The number of nitrogens with one attached hydrogen (secondary N) is 1. The molecular formula is C14H20BrNO. The third kappa shape index (κ3) is 5.19. The van der Waals surface area contributed by atoms with Crippen molar-refractivity contribution >= 4 is 15.9 Å². The molecule has 2 rings (SSSR count). The first kappa shape index (κ1) is 13.1. The van der Waals surface area contributed by atoms with Crippen molar-refractivity contribution in [3.05, 3.63) is 34.3 Å². The third-order valence-corrected chi connectivity index (χ3v) is 3.74. The number of halogens is 1. The minimum absolute atomic E-state index is 0.878. The van der Waals surface area contributed by atoms with E-state index in [1.807, 2.05) is 6.07 Å². The average molecular weight is 298 g/mol. The predicted octanol–water partition coefficient (Wildman–Crippen LogP) is 3.36. The van der Waals surface area contributed by atoms with Crippen LogP contribution in [0.3, 0.4) is 0 Å². The Bertz CT molecular complexity index is 339. The minimum atomic E-state index is 0.878. The van der Waals surface area contributed by atoms with Crippen molar-refractivity contribution in [3.63, 3.8) is 0 Å². The highest BCUT2D eigenvalue weighted by Gasteiger charge is 2.20. The van der Waals surface area contributed by atoms with Crippen molar-refractivity contribution in [3.8, 4) is 0 Å². The first-order valence-corrected chi connectivity index (χ1v) is 7.17. The number of ether oxygens (including phenoxy) is 1. The van der Waals surface area contributed by atoms with Gasteiger partial charge >= 0.3 is 0 Å². The molecule has 0 amide bonds. The van der Waals surface area contributed by atoms with Gasteiger partial charge in [-0.25, -0.2) is 0 Å². The van der Waals surface area contributed by atoms with Crippen LogP contribution in [-0.2, 0) is 11.3 Å². The van der Waals surface area contributed by atoms with Crippen molar-refractivity contribution in [1.82, 2.24) is 5.32 Å². The Hall–Kier alpha value is -0.380. The molecule has 1 aromatic carbocycles. The smallest absolute Gasteiger partial charge is 0.0494 e. The van der Waals surface area contributed by atoms with Crippen molar-refractivity contribution in [1.29, 1.82) is 0 Å². The monoisotopic (exact) mass is 297 g/mol. The van der Waals surface area contributed by atoms with Gasteiger partial charge in [0.05, 0.1) is 0 Å². The first-order valence-electron chi connectivity index (χ1n) is 6.38. The van der Waals surface area contributed by atoms with Crippen LogP contribution in [0, 0.1) is 5.92 Å². The van der Waals surface area contributed by atoms with E-state index in [0.717, 1.165) is 38.6 Å². The van der Waals surface area contributed by atoms with Crippen molar-refractivity contribution in [2.24, 2.45) is 5.92 Å². The Morgan fingerprint density at radius 1 is 1.29 bits per heavy atom. The Balaban J connectivity index is 1.49. The summed E-state index contributed by atoms with van der Waals surface area (Å²) in [5, 5.41) is 3.44. The highest BCUT2D eigenvalue weighted by atomic mass is 79.9. The second-order valence-corrected chi connectivity index (χ2v) is 5.49. The number of hydrogen-bond donors (Lipinski definition) is 1. The molecule has 1 fully saturated rings. The molecule has 1 N–H and O–H groups in total. The minimum Gasteiger partial charge on any atom is -0.381 e. The van der Waals surface area contributed by atoms with E-state index >= 15 is 0 Å². The number of hydrogen-bond acceptors (Lipinski definition) is 2. The fourth-order valence-electron chi connectivity index (χ4n) is 1.70. The summed E-state index contributed by atoms with van der Waals surface area (Å²) < 4.78 is 6.76. The molecule has 0 heterocycles. The zero-order valence-electron chi connectivity index (χ0n) is 10.1. The third-order valence-electron chi connectivity index (χ3n) is 2.97. The summed E-state index contributed by atoms with van der Waals surface area (Å²) in [4.78, 5) is 0. The normalized spacial score (nSPS) is 15.1. The van der Waals surface area contributed by atoms with Gasteiger partial charge in [0.2, 0.25) is 0 Å². The van der Waals surface area contributed by atoms with E-state index in [4.69, 9.17) is 4.74 Å². The summed E-state index contributed by atoms with van der Waals surface area (Å²) in [6.45, 7) is 3.81. The molecule has 94 valence electrons. The second-order valence-electron chi connectivity index (χ2n) is 4.64. The van der Waals surface area contributed by atoms with Gasteiger partial charge < -0.3 is 10.1 Å². The summed E-state index contributed by atoms with van der Waals surface area (Å²) in [5.74, 6) is 0.878. The van der Waals surface area contributed by atoms with Crippen LogP contribution in [0.25, 0.3) is 0 Å². The lowest BCUT2D eigenvalue weighted by Crippen LogP contribution is -2.16. The molecule has 0 atom stereocenters. The lowest BCUT2D eigenvalue weighted by Gasteiger charge is -2.07. The second kappa shape index (κ2) is 7.14. The van der Waals surface area contributed by atoms with E-state index in [1.165, 1.54) is 22.9 Å². The summed E-state index contributed by atoms with van der Waals surface area (Å²) in [7, 11) is 0. The van der Waals surface area contributed by atoms with Crippen LogP contribution < -0.4 is 5.32 Å². The Labute approximate surface area is 112 Å². The highest BCUT2D eigenvalue weighted by molar-refractivity contribution is 9.10. The van der Waals surface area contributed by atoms with Crippen LogP contribution in [-0.4, -0.2) is 19.8 Å². The number of rotatable bonds is 8. The van der Waals surface area contributed by atoms with Gasteiger partial charge in [0.1, 0.15) is 0 Å². The molecule has 0 aromatic heterocycles. The lowest BCUT2D eigenvalue weighted by molar-refractivity contribution is 0.122. The van der Waals surface area contributed by atoms with Crippen LogP contribution >= 0.6 is 15.9 Å². The molecule has 0 unspecified atom stereocenters. The molecule has 0 bridgehead atoms. The molecule has 0 aliphatic heterocycles. The van der Waals surface area contributed by atoms with Gasteiger partial charge in [-0.3, -0.25) is 0 Å². The van der Waals surface area contributed by atoms with Gasteiger partial charge in [-0.15, -0.1) is 0 Å². The molecule has 0 saturated heterocycles. The Morgan fingerprint density at radius 2 is 2.12 bits per heavy atom. The largest absolute Gasteiger partial charge is 0.381 e. The maximum absolute atomic E-state index is 5.58. The molecule has 1 aromatic rings. The predicted molar refractivity (Wildman–Crippen MR) is 74.0 cm³/mol. The van der Waals surface area contributed by atoms with Gasteiger partial charge in [-0.1, -0.05) is 34.1 Å². The molecule has 1 aliphatic rings. The summed E-state index contributed by atoms with van der Waals surface area (Å²) >= 11 is 3.55. The maximum atomic E-state index is 5.58. The van der Waals surface area contributed by atoms with Crippen molar-refractivity contribution < 1.29 is 4.74 Å². The molecule has 3 heteroatoms. The fourth-order valence-corrected chi connectivity index (χ4v) is 2.12. The van der Waals surface area contributed by atoms with E-state index in [2.05, 4.69) is 39.4 Å². The van der Waals surface area contributed by atoms with Crippen LogP contribution in [0.4, 0.5) is 0 Å². The zero-order chi connectivity index (χ0) is 11.9. The van der Waals surface area contributed by atoms with Gasteiger partial charge in [-0.2, -0.15) is 0 Å². The van der Waals surface area contributed by atoms with Crippen LogP contribution in [0.15, 0.2) is 28.7 Å². The molecule has 17 heavy (non-hydrogen) atoms. The van der Waals surface area contributed by atoms with Crippen molar-refractivity contribution in [2.45, 2.75) is 25.8 Å². The Kier molecular flexibility index (Phi) is 5.49. The SMILES string of the molecule is Brc1ccccc1CNCCCOCC1CC1. The van der Waals surface area contributed by atoms with Gasteiger partial charge in [0.25, 0.3) is 0 Å². The highest BCUT2D eigenvalue weighted by Crippen LogP contribution is 2.28. The van der Waals surface area contributed by atoms with E-state index in [1.54, 1.807) is 0 Å². The lowest BCUT2D eigenvalue weighted by atomic mass is 10.2. The number of benzene rings is 1. The fraction of sp³-hybridized carbons (Fsp3) is 0.571. The van der Waals surface area contributed by atoms with Gasteiger partial charge in [0, 0.05) is 24.2 Å². The molecule has 0 spiro atoms. The standard InChI is InChI=1S/C14H20BrNO/c15-14-5-2-1-4-13(14)10-16-8-3-9-17-11-12-6-7-12/h1-2,4-5,12,16H,3,6-11H2. The van der Waals surface area contributed by atoms with Gasteiger partial charge in [-0.05, 0) is 43.4 Å². The maximum Gasteiger partial charge on any atom is 0.0494 e. The summed E-state index contributed by atoms with van der Waals surface area (Å²) in [6.07, 6.45) is 3.84. The van der Waals surface area contributed by atoms with Crippen LogP contribution in [0.1, 0.15) is 24.8 Å². The molecule has 0 radical (unpaired) electrons. The van der Waals surface area contributed by atoms with E-state index < -0.39 is 0 Å². The van der Waals surface area contributed by atoms with Crippen LogP contribution in [0.2, 0.25) is 0 Å². The summed E-state index contributed by atoms with van der Waals surface area (Å²) in [6, 6.07) is 8.33. The summed E-state index contributed by atoms with van der Waals surface area (Å²) in [5.41, 5.74) is 1.31.